The lowest BCUT2D eigenvalue weighted by atomic mass is 9.97. The number of hydrogen-bond donors (Lipinski definition) is 1. The molecule has 0 saturated carbocycles. The van der Waals surface area contributed by atoms with Gasteiger partial charge in [-0.25, -0.2) is 0 Å². The number of aliphatic carboxylic acids is 1. The van der Waals surface area contributed by atoms with E-state index in [0.29, 0.717) is 11.4 Å². The Kier molecular flexibility index (Phi) is 7.29. The van der Waals surface area contributed by atoms with Gasteiger partial charge in [0, 0.05) is 11.6 Å². The van der Waals surface area contributed by atoms with Crippen molar-refractivity contribution in [3.8, 4) is 5.75 Å². The molecule has 0 radical (unpaired) electrons. The molecule has 0 bridgehead atoms. The van der Waals surface area contributed by atoms with E-state index in [1.165, 1.54) is 0 Å². The van der Waals surface area contributed by atoms with Gasteiger partial charge in [0.15, 0.2) is 0 Å². The van der Waals surface area contributed by atoms with Crippen LogP contribution in [0.2, 0.25) is 0 Å². The SMILES string of the molecule is CCCC(CCC)C(=O)Nc1ccc(OCC(=O)[O-])cc1. The van der Waals surface area contributed by atoms with Crippen LogP contribution >= 0.6 is 0 Å². The van der Waals surface area contributed by atoms with Crippen molar-refractivity contribution in [3.63, 3.8) is 0 Å². The van der Waals surface area contributed by atoms with E-state index in [0.717, 1.165) is 25.7 Å². The number of carboxylic acid groups (broad SMARTS) is 1. The Balaban J connectivity index is 2.57. The Hall–Kier alpha value is -2.04. The highest BCUT2D eigenvalue weighted by molar-refractivity contribution is 5.92. The van der Waals surface area contributed by atoms with Crippen molar-refractivity contribution in [1.29, 1.82) is 0 Å². The molecule has 0 spiro atoms. The van der Waals surface area contributed by atoms with Gasteiger partial charge < -0.3 is 20.0 Å². The van der Waals surface area contributed by atoms with E-state index in [-0.39, 0.29) is 11.8 Å². The van der Waals surface area contributed by atoms with Crippen LogP contribution in [0.3, 0.4) is 0 Å². The summed E-state index contributed by atoms with van der Waals surface area (Å²) < 4.78 is 4.98. The quantitative estimate of drug-likeness (QED) is 0.754. The maximum atomic E-state index is 12.2. The van der Waals surface area contributed by atoms with Crippen molar-refractivity contribution in [3.05, 3.63) is 24.3 Å². The molecule has 1 N–H and O–H groups in total. The van der Waals surface area contributed by atoms with Crippen LogP contribution < -0.4 is 15.2 Å². The molecule has 1 amide bonds. The summed E-state index contributed by atoms with van der Waals surface area (Å²) >= 11 is 0. The number of ether oxygens (including phenoxy) is 1. The fourth-order valence-corrected chi connectivity index (χ4v) is 2.12. The van der Waals surface area contributed by atoms with E-state index in [2.05, 4.69) is 19.2 Å². The van der Waals surface area contributed by atoms with Crippen LogP contribution in [-0.4, -0.2) is 18.5 Å². The molecule has 0 aliphatic rings. The van der Waals surface area contributed by atoms with Crippen molar-refractivity contribution in [2.24, 2.45) is 5.92 Å². The Bertz CT molecular complexity index is 450. The number of rotatable bonds is 9. The Morgan fingerprint density at radius 3 is 2.19 bits per heavy atom. The fourth-order valence-electron chi connectivity index (χ4n) is 2.12. The van der Waals surface area contributed by atoms with Crippen LogP contribution in [0.25, 0.3) is 0 Å². The zero-order valence-electron chi connectivity index (χ0n) is 12.6. The van der Waals surface area contributed by atoms with E-state index >= 15 is 0 Å². The van der Waals surface area contributed by atoms with E-state index in [1.807, 2.05) is 0 Å². The Morgan fingerprint density at radius 1 is 1.14 bits per heavy atom. The zero-order chi connectivity index (χ0) is 15.7. The van der Waals surface area contributed by atoms with Gasteiger partial charge in [0.05, 0.1) is 5.97 Å². The summed E-state index contributed by atoms with van der Waals surface area (Å²) in [5, 5.41) is 13.2. The van der Waals surface area contributed by atoms with Gasteiger partial charge >= 0.3 is 0 Å². The second kappa shape index (κ2) is 9.00. The number of amides is 1. The minimum absolute atomic E-state index is 0.0297. The zero-order valence-corrected chi connectivity index (χ0v) is 12.6. The monoisotopic (exact) mass is 292 g/mol. The van der Waals surface area contributed by atoms with E-state index in [1.54, 1.807) is 24.3 Å². The lowest BCUT2D eigenvalue weighted by Gasteiger charge is -2.15. The third kappa shape index (κ3) is 6.29. The Morgan fingerprint density at radius 2 is 1.71 bits per heavy atom. The molecule has 0 aliphatic heterocycles. The molecule has 0 aromatic heterocycles. The predicted molar refractivity (Wildman–Crippen MR) is 78.9 cm³/mol. The van der Waals surface area contributed by atoms with E-state index in [9.17, 15) is 14.7 Å². The summed E-state index contributed by atoms with van der Waals surface area (Å²) in [6.45, 7) is 3.65. The minimum Gasteiger partial charge on any atom is -0.546 e. The lowest BCUT2D eigenvalue weighted by Crippen LogP contribution is -2.28. The maximum Gasteiger partial charge on any atom is 0.227 e. The van der Waals surface area contributed by atoms with Crippen LogP contribution in [0.5, 0.6) is 5.75 Å². The summed E-state index contributed by atoms with van der Waals surface area (Å²) in [5.74, 6) is -0.777. The number of nitrogens with one attached hydrogen (secondary N) is 1. The van der Waals surface area contributed by atoms with Gasteiger partial charge in [0.1, 0.15) is 12.4 Å². The highest BCUT2D eigenvalue weighted by Gasteiger charge is 2.16. The summed E-state index contributed by atoms with van der Waals surface area (Å²) in [4.78, 5) is 22.5. The molecule has 0 heterocycles. The second-order valence-corrected chi connectivity index (χ2v) is 4.95. The molecule has 21 heavy (non-hydrogen) atoms. The first kappa shape index (κ1) is 17.0. The van der Waals surface area contributed by atoms with Crippen molar-refractivity contribution in [2.75, 3.05) is 11.9 Å². The highest BCUT2D eigenvalue weighted by atomic mass is 16.5. The fraction of sp³-hybridized carbons (Fsp3) is 0.500. The highest BCUT2D eigenvalue weighted by Crippen LogP contribution is 2.19. The van der Waals surface area contributed by atoms with Crippen LogP contribution in [0, 0.1) is 5.92 Å². The normalized spacial score (nSPS) is 10.4. The molecule has 0 fully saturated rings. The van der Waals surface area contributed by atoms with E-state index < -0.39 is 12.6 Å². The molecule has 1 rings (SSSR count). The van der Waals surface area contributed by atoms with Crippen LogP contribution in [0.1, 0.15) is 39.5 Å². The standard InChI is InChI=1S/C16H23NO4/c1-3-5-12(6-4-2)16(20)17-13-7-9-14(10-8-13)21-11-15(18)19/h7-10,12H,3-6,11H2,1-2H3,(H,17,20)(H,18,19)/p-1. The largest absolute Gasteiger partial charge is 0.546 e. The number of carbonyl (C=O) groups excluding carboxylic acids is 2. The van der Waals surface area contributed by atoms with Gasteiger partial charge in [-0.1, -0.05) is 26.7 Å². The summed E-state index contributed by atoms with van der Waals surface area (Å²) in [5.41, 5.74) is 0.679. The van der Waals surface area contributed by atoms with Crippen molar-refractivity contribution in [2.45, 2.75) is 39.5 Å². The molecule has 5 nitrogen and oxygen atoms in total. The molecule has 1 aromatic carbocycles. The maximum absolute atomic E-state index is 12.2. The predicted octanol–water partition coefficient (Wildman–Crippen LogP) is 1.97. The summed E-state index contributed by atoms with van der Waals surface area (Å²) in [7, 11) is 0. The average molecular weight is 292 g/mol. The average Bonchev–Trinajstić information content (AvgIpc) is 2.46. The number of carboxylic acids is 1. The number of hydrogen-bond acceptors (Lipinski definition) is 4. The van der Waals surface area contributed by atoms with Gasteiger partial charge in [0.25, 0.3) is 0 Å². The number of benzene rings is 1. The number of carbonyl (C=O) groups is 2. The first-order valence-corrected chi connectivity index (χ1v) is 7.30. The van der Waals surface area contributed by atoms with Crippen molar-refractivity contribution in [1.82, 2.24) is 0 Å². The first-order chi connectivity index (χ1) is 10.1. The molecule has 0 saturated heterocycles. The Labute approximate surface area is 125 Å². The van der Waals surface area contributed by atoms with Gasteiger partial charge in [-0.05, 0) is 37.1 Å². The molecule has 0 unspecified atom stereocenters. The van der Waals surface area contributed by atoms with Crippen molar-refractivity contribution < 1.29 is 19.4 Å². The van der Waals surface area contributed by atoms with Gasteiger partial charge in [-0.15, -0.1) is 0 Å². The van der Waals surface area contributed by atoms with Crippen molar-refractivity contribution >= 4 is 17.6 Å². The van der Waals surface area contributed by atoms with E-state index in [4.69, 9.17) is 4.74 Å². The smallest absolute Gasteiger partial charge is 0.227 e. The molecular weight excluding hydrogens is 270 g/mol. The van der Waals surface area contributed by atoms with Crippen LogP contribution in [-0.2, 0) is 9.59 Å². The summed E-state index contributed by atoms with van der Waals surface area (Å²) in [6.07, 6.45) is 3.72. The second-order valence-electron chi connectivity index (χ2n) is 4.95. The number of anilines is 1. The third-order valence-electron chi connectivity index (χ3n) is 3.12. The minimum atomic E-state index is -1.27. The lowest BCUT2D eigenvalue weighted by molar-refractivity contribution is -0.307. The van der Waals surface area contributed by atoms with Gasteiger partial charge in [-0.2, -0.15) is 0 Å². The third-order valence-corrected chi connectivity index (χ3v) is 3.12. The topological polar surface area (TPSA) is 78.5 Å². The first-order valence-electron chi connectivity index (χ1n) is 7.30. The van der Waals surface area contributed by atoms with Gasteiger partial charge in [0.2, 0.25) is 5.91 Å². The van der Waals surface area contributed by atoms with Gasteiger partial charge in [-0.3, -0.25) is 4.79 Å². The van der Waals surface area contributed by atoms with Crippen LogP contribution in [0.15, 0.2) is 24.3 Å². The summed E-state index contributed by atoms with van der Waals surface area (Å²) in [6, 6.07) is 6.62. The molecule has 5 heteroatoms. The molecular formula is C16H22NO4-. The van der Waals surface area contributed by atoms with Crippen LogP contribution in [0.4, 0.5) is 5.69 Å². The molecule has 1 aromatic rings. The molecule has 116 valence electrons. The molecule has 0 aliphatic carbocycles. The molecule has 0 atom stereocenters.